The molecule has 5 heteroatoms. The van der Waals surface area contributed by atoms with Gasteiger partial charge in [0.25, 0.3) is 0 Å². The molecule has 1 aromatic rings. The van der Waals surface area contributed by atoms with Crippen molar-refractivity contribution in [1.82, 2.24) is 15.1 Å². The number of ether oxygens (including phenoxy) is 1. The molecule has 1 aliphatic heterocycles. The summed E-state index contributed by atoms with van der Waals surface area (Å²) in [5, 5.41) is 7.06. The first-order chi connectivity index (χ1) is 7.68. The maximum atomic E-state index is 11.7. The lowest BCUT2D eigenvalue weighted by atomic mass is 10.1. The van der Waals surface area contributed by atoms with Gasteiger partial charge in [-0.2, -0.15) is 5.10 Å². The Balaban J connectivity index is 1.87. The molecule has 16 heavy (non-hydrogen) atoms. The highest BCUT2D eigenvalue weighted by Crippen LogP contribution is 2.12. The Morgan fingerprint density at radius 2 is 2.56 bits per heavy atom. The average Bonchev–Trinajstić information content (AvgIpc) is 2.89. The smallest absolute Gasteiger partial charge is 0.225 e. The first-order valence-electron chi connectivity index (χ1n) is 5.51. The van der Waals surface area contributed by atoms with Gasteiger partial charge in [0.05, 0.1) is 18.7 Å². The normalized spacial score (nSPS) is 20.0. The minimum absolute atomic E-state index is 0.0250. The maximum Gasteiger partial charge on any atom is 0.225 e. The highest BCUT2D eigenvalue weighted by molar-refractivity contribution is 5.78. The molecule has 1 N–H and O–H groups in total. The third kappa shape index (κ3) is 2.24. The van der Waals surface area contributed by atoms with Crippen LogP contribution in [0.15, 0.2) is 6.20 Å². The summed E-state index contributed by atoms with van der Waals surface area (Å²) in [5.74, 6) is 0.109. The van der Waals surface area contributed by atoms with Crippen LogP contribution in [0.4, 0.5) is 0 Å². The lowest BCUT2D eigenvalue weighted by Crippen LogP contribution is -2.30. The van der Waals surface area contributed by atoms with E-state index in [0.29, 0.717) is 19.8 Å². The van der Waals surface area contributed by atoms with Gasteiger partial charge in [-0.1, -0.05) is 0 Å². The molecule has 2 rings (SSSR count). The molecule has 1 amide bonds. The van der Waals surface area contributed by atoms with Crippen LogP contribution in [0.3, 0.4) is 0 Å². The van der Waals surface area contributed by atoms with Crippen molar-refractivity contribution in [3.05, 3.63) is 17.5 Å². The van der Waals surface area contributed by atoms with E-state index in [1.807, 2.05) is 14.0 Å². The zero-order valence-corrected chi connectivity index (χ0v) is 9.69. The SMILES string of the molecule is Cc1c(CNC(=O)C2CCOC2)cnn1C. The number of carbonyl (C=O) groups excluding carboxylic acids is 1. The van der Waals surface area contributed by atoms with E-state index in [-0.39, 0.29) is 11.8 Å². The molecule has 1 saturated heterocycles. The van der Waals surface area contributed by atoms with Crippen molar-refractivity contribution >= 4 is 5.91 Å². The number of nitrogens with one attached hydrogen (secondary N) is 1. The number of hydrogen-bond acceptors (Lipinski definition) is 3. The predicted octanol–water partition coefficient (Wildman–Crippen LogP) is 0.381. The molecule has 5 nitrogen and oxygen atoms in total. The van der Waals surface area contributed by atoms with Gasteiger partial charge < -0.3 is 10.1 Å². The number of aromatic nitrogens is 2. The standard InChI is InChI=1S/C11H17N3O2/c1-8-10(6-13-14(8)2)5-12-11(15)9-3-4-16-7-9/h6,9H,3-5,7H2,1-2H3,(H,12,15). The first-order valence-corrected chi connectivity index (χ1v) is 5.51. The summed E-state index contributed by atoms with van der Waals surface area (Å²) >= 11 is 0. The largest absolute Gasteiger partial charge is 0.381 e. The second-order valence-corrected chi connectivity index (χ2v) is 4.16. The Bertz CT molecular complexity index is 381. The van der Waals surface area contributed by atoms with Gasteiger partial charge in [0.1, 0.15) is 0 Å². The van der Waals surface area contributed by atoms with E-state index in [1.54, 1.807) is 10.9 Å². The van der Waals surface area contributed by atoms with Crippen LogP contribution >= 0.6 is 0 Å². The van der Waals surface area contributed by atoms with Crippen LogP contribution < -0.4 is 5.32 Å². The average molecular weight is 223 g/mol. The Kier molecular flexibility index (Phi) is 3.24. The van der Waals surface area contributed by atoms with E-state index in [4.69, 9.17) is 4.74 Å². The van der Waals surface area contributed by atoms with Gasteiger partial charge in [0.2, 0.25) is 5.91 Å². The van der Waals surface area contributed by atoms with Crippen molar-refractivity contribution in [3.63, 3.8) is 0 Å². The van der Waals surface area contributed by atoms with Crippen molar-refractivity contribution in [3.8, 4) is 0 Å². The number of hydrogen-bond donors (Lipinski definition) is 1. The van der Waals surface area contributed by atoms with E-state index < -0.39 is 0 Å². The summed E-state index contributed by atoms with van der Waals surface area (Å²) in [6.07, 6.45) is 2.62. The van der Waals surface area contributed by atoms with Crippen LogP contribution in [-0.2, 0) is 23.1 Å². The van der Waals surface area contributed by atoms with E-state index in [1.165, 1.54) is 0 Å². The van der Waals surface area contributed by atoms with E-state index in [0.717, 1.165) is 17.7 Å². The lowest BCUT2D eigenvalue weighted by Gasteiger charge is -2.08. The second-order valence-electron chi connectivity index (χ2n) is 4.16. The molecule has 0 bridgehead atoms. The van der Waals surface area contributed by atoms with E-state index >= 15 is 0 Å². The third-order valence-corrected chi connectivity index (χ3v) is 3.09. The van der Waals surface area contributed by atoms with Crippen molar-refractivity contribution in [2.24, 2.45) is 13.0 Å². The topological polar surface area (TPSA) is 56.1 Å². The predicted molar refractivity (Wildman–Crippen MR) is 58.7 cm³/mol. The highest BCUT2D eigenvalue weighted by Gasteiger charge is 2.23. The molecule has 0 aliphatic carbocycles. The maximum absolute atomic E-state index is 11.7. The zero-order chi connectivity index (χ0) is 11.5. The van der Waals surface area contributed by atoms with E-state index in [9.17, 15) is 4.79 Å². The van der Waals surface area contributed by atoms with Gasteiger partial charge in [-0.25, -0.2) is 0 Å². The number of carbonyl (C=O) groups is 1. The number of amides is 1. The minimum atomic E-state index is 0.0250. The van der Waals surface area contributed by atoms with Crippen LogP contribution in [0.1, 0.15) is 17.7 Å². The molecule has 1 unspecified atom stereocenters. The minimum Gasteiger partial charge on any atom is -0.381 e. The quantitative estimate of drug-likeness (QED) is 0.806. The molecule has 0 spiro atoms. The molecular weight excluding hydrogens is 206 g/mol. The molecule has 1 aliphatic rings. The van der Waals surface area contributed by atoms with E-state index in [2.05, 4.69) is 10.4 Å². The third-order valence-electron chi connectivity index (χ3n) is 3.09. The highest BCUT2D eigenvalue weighted by atomic mass is 16.5. The van der Waals surface area contributed by atoms with Gasteiger partial charge in [-0.15, -0.1) is 0 Å². The summed E-state index contributed by atoms with van der Waals surface area (Å²) in [6, 6.07) is 0. The summed E-state index contributed by atoms with van der Waals surface area (Å²) < 4.78 is 6.99. The fourth-order valence-electron chi connectivity index (χ4n) is 1.79. The Hall–Kier alpha value is -1.36. The van der Waals surface area contributed by atoms with Gasteiger partial charge in [-0.3, -0.25) is 9.48 Å². The molecular formula is C11H17N3O2. The fraction of sp³-hybridized carbons (Fsp3) is 0.636. The first kappa shape index (κ1) is 11.1. The summed E-state index contributed by atoms with van der Waals surface area (Å²) in [4.78, 5) is 11.7. The van der Waals surface area contributed by atoms with Crippen molar-refractivity contribution < 1.29 is 9.53 Å². The summed E-state index contributed by atoms with van der Waals surface area (Å²) in [5.41, 5.74) is 2.15. The molecule has 1 atom stereocenters. The molecule has 0 saturated carbocycles. The van der Waals surface area contributed by atoms with Gasteiger partial charge >= 0.3 is 0 Å². The fourth-order valence-corrected chi connectivity index (χ4v) is 1.79. The van der Waals surface area contributed by atoms with Crippen LogP contribution in [0, 0.1) is 12.8 Å². The number of aryl methyl sites for hydroxylation is 1. The van der Waals surface area contributed by atoms with Crippen LogP contribution in [-0.4, -0.2) is 28.9 Å². The van der Waals surface area contributed by atoms with Gasteiger partial charge in [-0.05, 0) is 13.3 Å². The molecule has 0 aromatic carbocycles. The van der Waals surface area contributed by atoms with Crippen LogP contribution in [0.5, 0.6) is 0 Å². The molecule has 88 valence electrons. The Labute approximate surface area is 94.8 Å². The van der Waals surface area contributed by atoms with Gasteiger partial charge in [0, 0.05) is 31.5 Å². The number of rotatable bonds is 3. The van der Waals surface area contributed by atoms with Crippen LogP contribution in [0.25, 0.3) is 0 Å². The number of nitrogens with zero attached hydrogens (tertiary/aromatic N) is 2. The van der Waals surface area contributed by atoms with Gasteiger partial charge in [0.15, 0.2) is 0 Å². The molecule has 1 aromatic heterocycles. The monoisotopic (exact) mass is 223 g/mol. The molecule has 1 fully saturated rings. The van der Waals surface area contributed by atoms with Crippen molar-refractivity contribution in [2.45, 2.75) is 19.9 Å². The Morgan fingerprint density at radius 3 is 3.12 bits per heavy atom. The molecule has 0 radical (unpaired) electrons. The lowest BCUT2D eigenvalue weighted by molar-refractivity contribution is -0.125. The second kappa shape index (κ2) is 4.65. The van der Waals surface area contributed by atoms with Crippen molar-refractivity contribution in [1.29, 1.82) is 0 Å². The Morgan fingerprint density at radius 1 is 1.75 bits per heavy atom. The zero-order valence-electron chi connectivity index (χ0n) is 9.69. The summed E-state index contributed by atoms with van der Waals surface area (Å²) in [6.45, 7) is 3.80. The van der Waals surface area contributed by atoms with Crippen molar-refractivity contribution in [2.75, 3.05) is 13.2 Å². The summed E-state index contributed by atoms with van der Waals surface area (Å²) in [7, 11) is 1.89. The molecule has 2 heterocycles. The van der Waals surface area contributed by atoms with Crippen LogP contribution in [0.2, 0.25) is 0 Å².